The van der Waals surface area contributed by atoms with Crippen LogP contribution in [0.3, 0.4) is 0 Å². The lowest BCUT2D eigenvalue weighted by molar-refractivity contribution is 0.935. The molecule has 4 nitrogen and oxygen atoms in total. The molecule has 1 aromatic rings. The average Bonchev–Trinajstić information content (AvgIpc) is 2.47. The molecule has 1 rings (SSSR count). The van der Waals surface area contributed by atoms with Gasteiger partial charge in [-0.3, -0.25) is 0 Å². The van der Waals surface area contributed by atoms with Gasteiger partial charge < -0.3 is 5.41 Å². The monoisotopic (exact) mass is 150 g/mol. The third-order valence-corrected chi connectivity index (χ3v) is 1.25. The first-order chi connectivity index (χ1) is 5.38. The number of hydrogen-bond donors (Lipinski definition) is 2. The first-order valence-corrected chi connectivity index (χ1v) is 3.46. The van der Waals surface area contributed by atoms with Gasteiger partial charge in [0.25, 0.3) is 0 Å². The van der Waals surface area contributed by atoms with Gasteiger partial charge in [0.05, 0.1) is 0 Å². The second kappa shape index (κ2) is 3.65. The Morgan fingerprint density at radius 2 is 2.18 bits per heavy atom. The van der Waals surface area contributed by atoms with Crippen LogP contribution < -0.4 is 0 Å². The van der Waals surface area contributed by atoms with Crippen molar-refractivity contribution in [2.45, 2.75) is 13.3 Å². The summed E-state index contributed by atoms with van der Waals surface area (Å²) >= 11 is 0. The van der Waals surface area contributed by atoms with E-state index in [1.165, 1.54) is 6.21 Å². The maximum Gasteiger partial charge on any atom is 0.130 e. The zero-order valence-electron chi connectivity index (χ0n) is 6.33. The predicted molar refractivity (Wildman–Crippen MR) is 43.6 cm³/mol. The Kier molecular flexibility index (Phi) is 2.54. The highest BCUT2D eigenvalue weighted by molar-refractivity contribution is 5.79. The number of nitrogens with one attached hydrogen (secondary N) is 2. The summed E-state index contributed by atoms with van der Waals surface area (Å²) in [5.41, 5.74) is 1.30. The van der Waals surface area contributed by atoms with Crippen LogP contribution >= 0.6 is 0 Å². The molecule has 0 fully saturated rings. The third-order valence-electron chi connectivity index (χ3n) is 1.25. The van der Waals surface area contributed by atoms with Crippen LogP contribution in [0, 0.1) is 5.41 Å². The molecule has 0 spiro atoms. The summed E-state index contributed by atoms with van der Waals surface area (Å²) in [7, 11) is 0. The van der Waals surface area contributed by atoms with E-state index in [4.69, 9.17) is 5.41 Å². The summed E-state index contributed by atoms with van der Waals surface area (Å²) in [6.07, 6.45) is 5.97. The number of hydrogen-bond acceptors (Lipinski definition) is 3. The zero-order chi connectivity index (χ0) is 8.10. The van der Waals surface area contributed by atoms with Gasteiger partial charge in [-0.25, -0.2) is 0 Å². The van der Waals surface area contributed by atoms with Crippen molar-refractivity contribution in [3.05, 3.63) is 17.5 Å². The molecule has 0 unspecified atom stereocenters. The first-order valence-electron chi connectivity index (χ1n) is 3.46. The molecule has 11 heavy (non-hydrogen) atoms. The normalized spacial score (nSPS) is 10.6. The van der Waals surface area contributed by atoms with Gasteiger partial charge in [-0.05, 0) is 12.5 Å². The Labute approximate surface area is 64.8 Å². The lowest BCUT2D eigenvalue weighted by atomic mass is 10.3. The van der Waals surface area contributed by atoms with E-state index in [2.05, 4.69) is 15.4 Å². The van der Waals surface area contributed by atoms with Crippen LogP contribution in [0.1, 0.15) is 24.7 Å². The Bertz CT molecular complexity index is 261. The summed E-state index contributed by atoms with van der Waals surface area (Å²) in [5, 5.41) is 17.0. The van der Waals surface area contributed by atoms with E-state index < -0.39 is 0 Å². The van der Waals surface area contributed by atoms with Crippen molar-refractivity contribution in [1.82, 2.24) is 15.4 Å². The van der Waals surface area contributed by atoms with Gasteiger partial charge in [-0.2, -0.15) is 15.4 Å². The number of aromatic nitrogens is 3. The molecule has 0 bridgehead atoms. The highest BCUT2D eigenvalue weighted by atomic mass is 15.3. The van der Waals surface area contributed by atoms with E-state index in [0.717, 1.165) is 12.1 Å². The first kappa shape index (κ1) is 7.65. The smallest absolute Gasteiger partial charge is 0.130 e. The highest BCUT2D eigenvalue weighted by Gasteiger charge is 1.98. The molecule has 0 saturated carbocycles. The number of rotatable bonds is 3. The van der Waals surface area contributed by atoms with E-state index >= 15 is 0 Å². The molecule has 0 atom stereocenters. The van der Waals surface area contributed by atoms with Crippen molar-refractivity contribution in [2.24, 2.45) is 0 Å². The topological polar surface area (TPSA) is 65.4 Å². The van der Waals surface area contributed by atoms with Gasteiger partial charge in [-0.15, -0.1) is 0 Å². The fraction of sp³-hybridized carbons (Fsp3) is 0.286. The van der Waals surface area contributed by atoms with E-state index in [1.807, 2.05) is 19.1 Å². The molecule has 0 aliphatic carbocycles. The van der Waals surface area contributed by atoms with Crippen LogP contribution in [-0.2, 0) is 0 Å². The zero-order valence-corrected chi connectivity index (χ0v) is 6.33. The summed E-state index contributed by atoms with van der Waals surface area (Å²) in [6, 6.07) is 0. The predicted octanol–water partition coefficient (Wildman–Crippen LogP) is 1.23. The van der Waals surface area contributed by atoms with Crippen molar-refractivity contribution >= 4 is 12.3 Å². The van der Waals surface area contributed by atoms with Crippen molar-refractivity contribution in [2.75, 3.05) is 0 Å². The molecule has 2 N–H and O–H groups in total. The van der Waals surface area contributed by atoms with E-state index in [0.29, 0.717) is 5.69 Å². The molecule has 0 amide bonds. The summed E-state index contributed by atoms with van der Waals surface area (Å²) in [6.45, 7) is 2.04. The lowest BCUT2D eigenvalue weighted by Crippen LogP contribution is -1.82. The summed E-state index contributed by atoms with van der Waals surface area (Å²) in [4.78, 5) is 0. The van der Waals surface area contributed by atoms with Gasteiger partial charge in [0.2, 0.25) is 0 Å². The Balaban J connectivity index is 2.84. The standard InChI is InChI=1S/C7H10N4/c1-2-3-4-6-7(5-8)10-11-9-6/h3-5,8H,2H2,1H3,(H,9,10,11)/b4-3-,8-5?. The Hall–Kier alpha value is -1.45. The minimum atomic E-state index is 0.578. The quantitative estimate of drug-likeness (QED) is 0.636. The molecule has 4 heteroatoms. The van der Waals surface area contributed by atoms with E-state index in [1.54, 1.807) is 0 Å². The second-order valence-electron chi connectivity index (χ2n) is 2.05. The van der Waals surface area contributed by atoms with Gasteiger partial charge in [0.15, 0.2) is 0 Å². The molecular formula is C7H10N4. The Morgan fingerprint density at radius 1 is 1.45 bits per heavy atom. The van der Waals surface area contributed by atoms with Crippen LogP contribution in [-0.4, -0.2) is 21.6 Å². The average molecular weight is 150 g/mol. The molecule has 0 aliphatic heterocycles. The molecule has 0 radical (unpaired) electrons. The lowest BCUT2D eigenvalue weighted by Gasteiger charge is -1.82. The fourth-order valence-corrected chi connectivity index (χ4v) is 0.706. The van der Waals surface area contributed by atoms with Crippen LogP contribution in [0.15, 0.2) is 6.08 Å². The molecule has 1 heterocycles. The van der Waals surface area contributed by atoms with Crippen molar-refractivity contribution in [3.63, 3.8) is 0 Å². The minimum absolute atomic E-state index is 0.578. The summed E-state index contributed by atoms with van der Waals surface area (Å²) < 4.78 is 0. The maximum atomic E-state index is 6.96. The van der Waals surface area contributed by atoms with Gasteiger partial charge >= 0.3 is 0 Å². The number of allylic oxidation sites excluding steroid dienone is 1. The summed E-state index contributed by atoms with van der Waals surface area (Å²) in [5.74, 6) is 0. The van der Waals surface area contributed by atoms with Crippen LogP contribution in [0.5, 0.6) is 0 Å². The van der Waals surface area contributed by atoms with Crippen molar-refractivity contribution in [1.29, 1.82) is 5.41 Å². The molecule has 0 aliphatic rings. The largest absolute Gasteiger partial charge is 0.306 e. The number of H-pyrrole nitrogens is 1. The highest BCUT2D eigenvalue weighted by Crippen LogP contribution is 2.00. The SMILES string of the molecule is CC/C=C\c1n[nH]nc1C=N. The number of nitrogens with zero attached hydrogens (tertiary/aromatic N) is 2. The molecule has 58 valence electrons. The number of aromatic amines is 1. The van der Waals surface area contributed by atoms with E-state index in [-0.39, 0.29) is 0 Å². The Morgan fingerprint density at radius 3 is 2.82 bits per heavy atom. The maximum absolute atomic E-state index is 6.96. The van der Waals surface area contributed by atoms with Gasteiger partial charge in [0, 0.05) is 6.21 Å². The molecule has 0 aromatic carbocycles. The fourth-order valence-electron chi connectivity index (χ4n) is 0.706. The van der Waals surface area contributed by atoms with Crippen LogP contribution in [0.25, 0.3) is 6.08 Å². The van der Waals surface area contributed by atoms with E-state index in [9.17, 15) is 0 Å². The van der Waals surface area contributed by atoms with Gasteiger partial charge in [-0.1, -0.05) is 13.0 Å². The third kappa shape index (κ3) is 1.73. The van der Waals surface area contributed by atoms with Crippen molar-refractivity contribution in [3.8, 4) is 0 Å². The van der Waals surface area contributed by atoms with Gasteiger partial charge in [0.1, 0.15) is 11.4 Å². The van der Waals surface area contributed by atoms with Crippen LogP contribution in [0.4, 0.5) is 0 Å². The second-order valence-corrected chi connectivity index (χ2v) is 2.05. The minimum Gasteiger partial charge on any atom is -0.306 e. The molecule has 1 aromatic heterocycles. The van der Waals surface area contributed by atoms with Crippen LogP contribution in [0.2, 0.25) is 0 Å². The molecule has 0 saturated heterocycles. The molecular weight excluding hydrogens is 140 g/mol. The van der Waals surface area contributed by atoms with Crippen molar-refractivity contribution < 1.29 is 0 Å².